The van der Waals surface area contributed by atoms with Crippen molar-refractivity contribution in [3.05, 3.63) is 0 Å². The van der Waals surface area contributed by atoms with Crippen LogP contribution in [0.3, 0.4) is 0 Å². The van der Waals surface area contributed by atoms with Gasteiger partial charge < -0.3 is 15.4 Å². The zero-order valence-electron chi connectivity index (χ0n) is 9.48. The SMILES string of the molecule is CC(CN)N(C)C(=O)C1CC2CCC1O2. The standard InChI is InChI=1S/C11H20N2O2/c1-7(6-12)13(2)11(14)9-5-8-3-4-10(9)15-8/h7-10H,3-6,12H2,1-2H3. The Morgan fingerprint density at radius 1 is 1.60 bits per heavy atom. The molecule has 2 rings (SSSR count). The molecule has 0 aliphatic carbocycles. The number of ether oxygens (including phenoxy) is 1. The molecule has 2 N–H and O–H groups in total. The Balaban J connectivity index is 1.96. The zero-order valence-corrected chi connectivity index (χ0v) is 9.48. The monoisotopic (exact) mass is 212 g/mol. The molecule has 1 amide bonds. The maximum atomic E-state index is 12.1. The van der Waals surface area contributed by atoms with Crippen LogP contribution in [0.25, 0.3) is 0 Å². The maximum Gasteiger partial charge on any atom is 0.228 e. The molecule has 2 aliphatic heterocycles. The van der Waals surface area contributed by atoms with Crippen molar-refractivity contribution in [2.24, 2.45) is 11.7 Å². The van der Waals surface area contributed by atoms with Crippen molar-refractivity contribution in [1.82, 2.24) is 4.90 Å². The van der Waals surface area contributed by atoms with Gasteiger partial charge in [-0.05, 0) is 26.2 Å². The molecule has 2 fully saturated rings. The molecule has 4 atom stereocenters. The van der Waals surface area contributed by atoms with Crippen molar-refractivity contribution < 1.29 is 9.53 Å². The van der Waals surface area contributed by atoms with Crippen LogP contribution in [-0.2, 0) is 9.53 Å². The van der Waals surface area contributed by atoms with Gasteiger partial charge in [0.05, 0.1) is 18.1 Å². The van der Waals surface area contributed by atoms with E-state index in [9.17, 15) is 4.79 Å². The third-order valence-electron chi connectivity index (χ3n) is 3.77. The van der Waals surface area contributed by atoms with Gasteiger partial charge in [0.1, 0.15) is 0 Å². The van der Waals surface area contributed by atoms with E-state index in [2.05, 4.69) is 0 Å². The maximum absolute atomic E-state index is 12.1. The minimum atomic E-state index is 0.0859. The summed E-state index contributed by atoms with van der Waals surface area (Å²) in [6.45, 7) is 2.50. The number of amides is 1. The molecular formula is C11H20N2O2. The van der Waals surface area contributed by atoms with Gasteiger partial charge in [-0.1, -0.05) is 0 Å². The summed E-state index contributed by atoms with van der Waals surface area (Å²) in [4.78, 5) is 13.9. The smallest absolute Gasteiger partial charge is 0.228 e. The summed E-state index contributed by atoms with van der Waals surface area (Å²) in [5.74, 6) is 0.294. The lowest BCUT2D eigenvalue weighted by Crippen LogP contribution is -2.45. The molecule has 2 saturated heterocycles. The van der Waals surface area contributed by atoms with Gasteiger partial charge in [0.15, 0.2) is 0 Å². The number of carbonyl (C=O) groups excluding carboxylic acids is 1. The third kappa shape index (κ3) is 1.88. The summed E-state index contributed by atoms with van der Waals surface area (Å²) in [5.41, 5.74) is 5.56. The van der Waals surface area contributed by atoms with E-state index in [1.807, 2.05) is 14.0 Å². The van der Waals surface area contributed by atoms with Crippen LogP contribution < -0.4 is 5.73 Å². The number of hydrogen-bond acceptors (Lipinski definition) is 3. The Morgan fingerprint density at radius 3 is 2.80 bits per heavy atom. The normalized spacial score (nSPS) is 35.5. The van der Waals surface area contributed by atoms with Gasteiger partial charge >= 0.3 is 0 Å². The highest BCUT2D eigenvalue weighted by molar-refractivity contribution is 5.80. The molecule has 0 aromatic rings. The molecule has 0 aromatic carbocycles. The first kappa shape index (κ1) is 10.9. The first-order valence-electron chi connectivity index (χ1n) is 5.75. The Morgan fingerprint density at radius 2 is 2.33 bits per heavy atom. The lowest BCUT2D eigenvalue weighted by atomic mass is 9.88. The number of hydrogen-bond donors (Lipinski definition) is 1. The van der Waals surface area contributed by atoms with Crippen LogP contribution in [0.1, 0.15) is 26.2 Å². The average Bonchev–Trinajstić information content (AvgIpc) is 2.87. The van der Waals surface area contributed by atoms with E-state index in [0.29, 0.717) is 12.6 Å². The largest absolute Gasteiger partial charge is 0.374 e. The number of fused-ring (bicyclic) bond motifs is 2. The van der Waals surface area contributed by atoms with Crippen LogP contribution in [0.15, 0.2) is 0 Å². The Hall–Kier alpha value is -0.610. The fraction of sp³-hybridized carbons (Fsp3) is 0.909. The van der Waals surface area contributed by atoms with Crippen LogP contribution in [0.5, 0.6) is 0 Å². The van der Waals surface area contributed by atoms with Gasteiger partial charge in [0.2, 0.25) is 5.91 Å². The van der Waals surface area contributed by atoms with E-state index < -0.39 is 0 Å². The summed E-state index contributed by atoms with van der Waals surface area (Å²) in [5, 5.41) is 0. The van der Waals surface area contributed by atoms with Crippen molar-refractivity contribution in [1.29, 1.82) is 0 Å². The predicted molar refractivity (Wildman–Crippen MR) is 57.3 cm³/mol. The predicted octanol–water partition coefficient (Wildman–Crippen LogP) is 0.360. The minimum Gasteiger partial charge on any atom is -0.374 e. The molecule has 4 heteroatoms. The fourth-order valence-electron chi connectivity index (χ4n) is 2.53. The topological polar surface area (TPSA) is 55.6 Å². The van der Waals surface area contributed by atoms with Gasteiger partial charge in [-0.25, -0.2) is 0 Å². The van der Waals surface area contributed by atoms with Crippen LogP contribution in [-0.4, -0.2) is 42.6 Å². The van der Waals surface area contributed by atoms with E-state index in [4.69, 9.17) is 10.5 Å². The molecule has 2 aliphatic rings. The Kier molecular flexibility index (Phi) is 2.98. The van der Waals surface area contributed by atoms with Gasteiger partial charge in [-0.3, -0.25) is 4.79 Å². The van der Waals surface area contributed by atoms with E-state index in [1.165, 1.54) is 0 Å². The van der Waals surface area contributed by atoms with E-state index in [1.54, 1.807) is 4.90 Å². The number of carbonyl (C=O) groups is 1. The van der Waals surface area contributed by atoms with Crippen LogP contribution >= 0.6 is 0 Å². The van der Waals surface area contributed by atoms with Crippen molar-refractivity contribution in [2.45, 2.75) is 44.4 Å². The van der Waals surface area contributed by atoms with Crippen molar-refractivity contribution >= 4 is 5.91 Å². The summed E-state index contributed by atoms with van der Waals surface area (Å²) in [7, 11) is 1.84. The zero-order chi connectivity index (χ0) is 11.0. The summed E-state index contributed by atoms with van der Waals surface area (Å²) in [6.07, 6.45) is 3.60. The molecule has 15 heavy (non-hydrogen) atoms. The fourth-order valence-corrected chi connectivity index (χ4v) is 2.53. The highest BCUT2D eigenvalue weighted by atomic mass is 16.5. The van der Waals surface area contributed by atoms with E-state index in [-0.39, 0.29) is 24.0 Å². The van der Waals surface area contributed by atoms with E-state index in [0.717, 1.165) is 19.3 Å². The van der Waals surface area contributed by atoms with Crippen LogP contribution in [0.2, 0.25) is 0 Å². The average molecular weight is 212 g/mol. The molecule has 4 unspecified atom stereocenters. The lowest BCUT2D eigenvalue weighted by Gasteiger charge is -2.28. The first-order valence-corrected chi connectivity index (χ1v) is 5.75. The molecular weight excluding hydrogens is 192 g/mol. The molecule has 0 spiro atoms. The van der Waals surface area contributed by atoms with Gasteiger partial charge in [-0.2, -0.15) is 0 Å². The molecule has 0 aromatic heterocycles. The van der Waals surface area contributed by atoms with Crippen LogP contribution in [0, 0.1) is 5.92 Å². The minimum absolute atomic E-state index is 0.0859. The highest BCUT2D eigenvalue weighted by Crippen LogP contribution is 2.39. The molecule has 0 radical (unpaired) electrons. The molecule has 0 saturated carbocycles. The van der Waals surface area contributed by atoms with Crippen molar-refractivity contribution in [3.8, 4) is 0 Å². The molecule has 86 valence electrons. The summed E-state index contributed by atoms with van der Waals surface area (Å²) >= 11 is 0. The second-order valence-corrected chi connectivity index (χ2v) is 4.75. The second kappa shape index (κ2) is 4.10. The number of nitrogens with zero attached hydrogens (tertiary/aromatic N) is 1. The number of likely N-dealkylation sites (N-methyl/N-ethyl adjacent to an activating group) is 1. The molecule has 2 bridgehead atoms. The quantitative estimate of drug-likeness (QED) is 0.735. The second-order valence-electron chi connectivity index (χ2n) is 4.75. The van der Waals surface area contributed by atoms with Gasteiger partial charge in [-0.15, -0.1) is 0 Å². The molecule has 2 heterocycles. The van der Waals surface area contributed by atoms with E-state index >= 15 is 0 Å². The first-order chi connectivity index (χ1) is 7.13. The molecule has 4 nitrogen and oxygen atoms in total. The van der Waals surface area contributed by atoms with Crippen LogP contribution in [0.4, 0.5) is 0 Å². The Labute approximate surface area is 90.8 Å². The Bertz CT molecular complexity index is 257. The summed E-state index contributed by atoms with van der Waals surface area (Å²) in [6, 6.07) is 0.122. The number of rotatable bonds is 3. The van der Waals surface area contributed by atoms with Gasteiger partial charge in [0.25, 0.3) is 0 Å². The third-order valence-corrected chi connectivity index (χ3v) is 3.77. The number of nitrogens with two attached hydrogens (primary N) is 1. The van der Waals surface area contributed by atoms with Crippen molar-refractivity contribution in [3.63, 3.8) is 0 Å². The van der Waals surface area contributed by atoms with Gasteiger partial charge in [0, 0.05) is 19.6 Å². The van der Waals surface area contributed by atoms with Crippen molar-refractivity contribution in [2.75, 3.05) is 13.6 Å². The summed E-state index contributed by atoms with van der Waals surface area (Å²) < 4.78 is 5.69. The highest BCUT2D eigenvalue weighted by Gasteiger charge is 2.45. The lowest BCUT2D eigenvalue weighted by molar-refractivity contribution is -0.137.